The summed E-state index contributed by atoms with van der Waals surface area (Å²) < 4.78 is 5.65. The first-order chi connectivity index (χ1) is 9.69. The van der Waals surface area contributed by atoms with Crippen LogP contribution in [0.15, 0.2) is 48.5 Å². The number of carbonyl (C=O) groups excluding carboxylic acids is 1. The van der Waals surface area contributed by atoms with Crippen LogP contribution in [0.2, 0.25) is 0 Å². The van der Waals surface area contributed by atoms with E-state index in [1.807, 2.05) is 36.4 Å². The number of hydrogen-bond acceptors (Lipinski definition) is 3. The summed E-state index contributed by atoms with van der Waals surface area (Å²) in [5.74, 6) is 0.336. The Kier molecular flexibility index (Phi) is 4.74. The molecule has 104 valence electrons. The number of carbonyl (C=O) groups is 1. The van der Waals surface area contributed by atoms with Crippen molar-refractivity contribution in [2.75, 3.05) is 6.61 Å². The molecule has 0 unspecified atom stereocenters. The second-order valence-corrected chi connectivity index (χ2v) is 4.47. The van der Waals surface area contributed by atoms with Crippen LogP contribution in [-0.2, 0) is 13.0 Å². The van der Waals surface area contributed by atoms with E-state index in [2.05, 4.69) is 0 Å². The number of amides is 1. The molecule has 4 nitrogen and oxygen atoms in total. The highest BCUT2D eigenvalue weighted by Gasteiger charge is 2.01. The predicted molar refractivity (Wildman–Crippen MR) is 76.5 cm³/mol. The third-order valence-corrected chi connectivity index (χ3v) is 2.97. The first kappa shape index (κ1) is 14.1. The minimum absolute atomic E-state index is 0.145. The van der Waals surface area contributed by atoms with Gasteiger partial charge in [-0.25, -0.2) is 0 Å². The van der Waals surface area contributed by atoms with E-state index in [9.17, 15) is 4.79 Å². The average Bonchev–Trinajstić information content (AvgIpc) is 2.47. The molecular formula is C16H17NO3. The lowest BCUT2D eigenvalue weighted by Gasteiger charge is -2.07. The number of hydrogen-bond donors (Lipinski definition) is 2. The average molecular weight is 271 g/mol. The van der Waals surface area contributed by atoms with Crippen molar-refractivity contribution >= 4 is 5.91 Å². The van der Waals surface area contributed by atoms with Crippen LogP contribution in [0.3, 0.4) is 0 Å². The molecule has 0 aliphatic carbocycles. The third kappa shape index (κ3) is 3.83. The minimum atomic E-state index is -0.433. The molecule has 0 heterocycles. The summed E-state index contributed by atoms with van der Waals surface area (Å²) in [6, 6.07) is 14.6. The zero-order valence-corrected chi connectivity index (χ0v) is 11.1. The molecule has 0 saturated carbocycles. The van der Waals surface area contributed by atoms with E-state index in [1.54, 1.807) is 12.1 Å². The summed E-state index contributed by atoms with van der Waals surface area (Å²) in [4.78, 5) is 10.9. The maximum atomic E-state index is 10.9. The van der Waals surface area contributed by atoms with Gasteiger partial charge in [0.25, 0.3) is 0 Å². The highest BCUT2D eigenvalue weighted by Crippen LogP contribution is 2.15. The second kappa shape index (κ2) is 6.73. The molecule has 0 aromatic heterocycles. The van der Waals surface area contributed by atoms with Crippen LogP contribution >= 0.6 is 0 Å². The van der Waals surface area contributed by atoms with Crippen LogP contribution in [-0.4, -0.2) is 17.6 Å². The van der Waals surface area contributed by atoms with Crippen molar-refractivity contribution in [3.05, 3.63) is 65.2 Å². The molecule has 2 aromatic rings. The lowest BCUT2D eigenvalue weighted by atomic mass is 10.1. The first-order valence-corrected chi connectivity index (χ1v) is 6.40. The van der Waals surface area contributed by atoms with Gasteiger partial charge in [0.1, 0.15) is 12.4 Å². The molecule has 2 rings (SSSR count). The lowest BCUT2D eigenvalue weighted by Crippen LogP contribution is -2.10. The third-order valence-electron chi connectivity index (χ3n) is 2.97. The Morgan fingerprint density at radius 1 is 1.00 bits per heavy atom. The molecule has 4 heteroatoms. The van der Waals surface area contributed by atoms with E-state index >= 15 is 0 Å². The predicted octanol–water partition coefficient (Wildman–Crippen LogP) is 1.90. The lowest BCUT2D eigenvalue weighted by molar-refractivity contribution is 0.1000. The zero-order valence-electron chi connectivity index (χ0n) is 11.1. The summed E-state index contributed by atoms with van der Waals surface area (Å²) in [6.07, 6.45) is 0.648. The van der Waals surface area contributed by atoms with Crippen molar-refractivity contribution in [3.63, 3.8) is 0 Å². The number of primary amides is 1. The fourth-order valence-corrected chi connectivity index (χ4v) is 1.81. The van der Waals surface area contributed by atoms with Gasteiger partial charge < -0.3 is 15.6 Å². The fourth-order valence-electron chi connectivity index (χ4n) is 1.81. The SMILES string of the molecule is NC(=O)c1ccc(COc2ccc(CCO)cc2)cc1. The Morgan fingerprint density at radius 3 is 2.15 bits per heavy atom. The van der Waals surface area contributed by atoms with E-state index in [0.717, 1.165) is 16.9 Å². The van der Waals surface area contributed by atoms with Crippen molar-refractivity contribution in [2.24, 2.45) is 5.73 Å². The van der Waals surface area contributed by atoms with Crippen LogP contribution in [0.1, 0.15) is 21.5 Å². The number of rotatable bonds is 6. The maximum Gasteiger partial charge on any atom is 0.248 e. The monoisotopic (exact) mass is 271 g/mol. The van der Waals surface area contributed by atoms with Gasteiger partial charge in [-0.3, -0.25) is 4.79 Å². The molecule has 20 heavy (non-hydrogen) atoms. The molecule has 3 N–H and O–H groups in total. The molecule has 0 spiro atoms. The smallest absolute Gasteiger partial charge is 0.248 e. The van der Waals surface area contributed by atoms with Gasteiger partial charge in [0.05, 0.1) is 0 Å². The minimum Gasteiger partial charge on any atom is -0.489 e. The van der Waals surface area contributed by atoms with Crippen molar-refractivity contribution < 1.29 is 14.6 Å². The van der Waals surface area contributed by atoms with Crippen molar-refractivity contribution in [1.82, 2.24) is 0 Å². The molecule has 0 aliphatic rings. The van der Waals surface area contributed by atoms with Gasteiger partial charge in [0, 0.05) is 12.2 Å². The van der Waals surface area contributed by atoms with E-state index < -0.39 is 5.91 Å². The van der Waals surface area contributed by atoms with Crippen molar-refractivity contribution in [2.45, 2.75) is 13.0 Å². The van der Waals surface area contributed by atoms with E-state index in [-0.39, 0.29) is 6.61 Å². The van der Waals surface area contributed by atoms with Crippen LogP contribution in [0, 0.1) is 0 Å². The first-order valence-electron chi connectivity index (χ1n) is 6.40. The van der Waals surface area contributed by atoms with Crippen LogP contribution in [0.4, 0.5) is 0 Å². The number of benzene rings is 2. The summed E-state index contributed by atoms with van der Waals surface area (Å²) in [5.41, 5.74) is 7.71. The Labute approximate surface area is 117 Å². The largest absolute Gasteiger partial charge is 0.489 e. The number of nitrogens with two attached hydrogens (primary N) is 1. The molecular weight excluding hydrogens is 254 g/mol. The zero-order chi connectivity index (χ0) is 14.4. The molecule has 0 radical (unpaired) electrons. The molecule has 0 aliphatic heterocycles. The molecule has 0 saturated heterocycles. The Morgan fingerprint density at radius 2 is 1.60 bits per heavy atom. The van der Waals surface area contributed by atoms with Gasteiger partial charge in [-0.1, -0.05) is 24.3 Å². The fraction of sp³-hybridized carbons (Fsp3) is 0.188. The van der Waals surface area contributed by atoms with E-state index in [4.69, 9.17) is 15.6 Å². The Bertz CT molecular complexity index is 561. The van der Waals surface area contributed by atoms with Crippen LogP contribution < -0.4 is 10.5 Å². The number of ether oxygens (including phenoxy) is 1. The quantitative estimate of drug-likeness (QED) is 0.842. The molecule has 1 amide bonds. The molecule has 0 atom stereocenters. The highest BCUT2D eigenvalue weighted by atomic mass is 16.5. The van der Waals surface area contributed by atoms with Crippen molar-refractivity contribution in [3.8, 4) is 5.75 Å². The second-order valence-electron chi connectivity index (χ2n) is 4.47. The van der Waals surface area contributed by atoms with Gasteiger partial charge in [-0.2, -0.15) is 0 Å². The van der Waals surface area contributed by atoms with Crippen LogP contribution in [0.5, 0.6) is 5.75 Å². The van der Waals surface area contributed by atoms with Gasteiger partial charge in [0.15, 0.2) is 0 Å². The summed E-state index contributed by atoms with van der Waals surface area (Å²) in [6.45, 7) is 0.574. The maximum absolute atomic E-state index is 10.9. The number of aliphatic hydroxyl groups is 1. The topological polar surface area (TPSA) is 72.6 Å². The number of aliphatic hydroxyl groups excluding tert-OH is 1. The van der Waals surface area contributed by atoms with Crippen molar-refractivity contribution in [1.29, 1.82) is 0 Å². The van der Waals surface area contributed by atoms with Gasteiger partial charge in [-0.15, -0.1) is 0 Å². The van der Waals surface area contributed by atoms with Crippen LogP contribution in [0.25, 0.3) is 0 Å². The van der Waals surface area contributed by atoms with Gasteiger partial charge in [0.2, 0.25) is 5.91 Å². The van der Waals surface area contributed by atoms with E-state index in [1.165, 1.54) is 0 Å². The summed E-state index contributed by atoms with van der Waals surface area (Å²) in [5, 5.41) is 8.84. The molecule has 2 aromatic carbocycles. The van der Waals surface area contributed by atoms with Gasteiger partial charge in [-0.05, 0) is 41.8 Å². The normalized spacial score (nSPS) is 10.2. The highest BCUT2D eigenvalue weighted by molar-refractivity contribution is 5.92. The summed E-state index contributed by atoms with van der Waals surface area (Å²) >= 11 is 0. The summed E-state index contributed by atoms with van der Waals surface area (Å²) in [7, 11) is 0. The standard InChI is InChI=1S/C16H17NO3/c17-16(19)14-5-1-13(2-6-14)11-20-15-7-3-12(4-8-15)9-10-18/h1-8,18H,9-11H2,(H2,17,19). The Hall–Kier alpha value is -2.33. The molecule has 0 bridgehead atoms. The van der Waals surface area contributed by atoms with Gasteiger partial charge >= 0.3 is 0 Å². The molecule has 0 fully saturated rings. The Balaban J connectivity index is 1.92. The van der Waals surface area contributed by atoms with E-state index in [0.29, 0.717) is 18.6 Å².